The van der Waals surface area contributed by atoms with E-state index in [2.05, 4.69) is 4.72 Å². The Hall–Kier alpha value is -3.06. The molecule has 0 saturated carbocycles. The van der Waals surface area contributed by atoms with Crippen LogP contribution >= 0.6 is 0 Å². The quantitative estimate of drug-likeness (QED) is 0.689. The molecule has 0 aromatic heterocycles. The summed E-state index contributed by atoms with van der Waals surface area (Å²) in [6, 6.07) is 15.8. The molecule has 2 N–H and O–H groups in total. The first-order valence-electron chi connectivity index (χ1n) is 7.93. The molecule has 6 nitrogen and oxygen atoms in total. The van der Waals surface area contributed by atoms with Gasteiger partial charge in [0.2, 0.25) is 0 Å². The third-order valence-corrected chi connectivity index (χ3v) is 5.26. The van der Waals surface area contributed by atoms with Crippen LogP contribution in [0.4, 0.5) is 5.69 Å². The number of benzene rings is 3. The topological polar surface area (TPSA) is 92.7 Å². The highest BCUT2D eigenvalue weighted by atomic mass is 32.2. The summed E-state index contributed by atoms with van der Waals surface area (Å²) in [5, 5.41) is 10.2. The predicted molar refractivity (Wildman–Crippen MR) is 99.3 cm³/mol. The number of fused-ring (bicyclic) bond motifs is 1. The summed E-state index contributed by atoms with van der Waals surface area (Å²) < 4.78 is 33.7. The number of anilines is 1. The molecule has 0 amide bonds. The lowest BCUT2D eigenvalue weighted by molar-refractivity contribution is 0.0697. The van der Waals surface area contributed by atoms with Gasteiger partial charge < -0.3 is 9.84 Å². The van der Waals surface area contributed by atoms with Crippen molar-refractivity contribution in [1.82, 2.24) is 0 Å². The standard InChI is InChI=1S/C19H17NO5S/c1-2-25-17-11-12-18(16-6-4-3-5-15(16)17)26(23,24)20-14-9-7-13(8-10-14)19(21)22/h3-12,20H,2H2,1H3,(H,21,22). The van der Waals surface area contributed by atoms with E-state index in [1.165, 1.54) is 30.3 Å². The number of rotatable bonds is 6. The van der Waals surface area contributed by atoms with E-state index >= 15 is 0 Å². The molecule has 0 bridgehead atoms. The monoisotopic (exact) mass is 371 g/mol. The average Bonchev–Trinajstić information content (AvgIpc) is 2.62. The van der Waals surface area contributed by atoms with E-state index in [1.807, 2.05) is 13.0 Å². The van der Waals surface area contributed by atoms with Crippen molar-refractivity contribution >= 4 is 32.5 Å². The smallest absolute Gasteiger partial charge is 0.335 e. The van der Waals surface area contributed by atoms with Gasteiger partial charge in [0.1, 0.15) is 5.75 Å². The van der Waals surface area contributed by atoms with E-state index in [0.717, 1.165) is 0 Å². The maximum absolute atomic E-state index is 12.8. The van der Waals surface area contributed by atoms with E-state index in [9.17, 15) is 13.2 Å². The molecule has 134 valence electrons. The number of carboxylic acids is 1. The lowest BCUT2D eigenvalue weighted by atomic mass is 10.1. The Labute approximate surface area is 151 Å². The van der Waals surface area contributed by atoms with Gasteiger partial charge in [-0.15, -0.1) is 0 Å². The Morgan fingerprint density at radius 3 is 2.27 bits per heavy atom. The van der Waals surface area contributed by atoms with Crippen LogP contribution in [0.2, 0.25) is 0 Å². The van der Waals surface area contributed by atoms with Crippen LogP contribution in [0.3, 0.4) is 0 Å². The highest BCUT2D eigenvalue weighted by Gasteiger charge is 2.19. The number of carbonyl (C=O) groups is 1. The second kappa shape index (κ2) is 7.05. The van der Waals surface area contributed by atoms with Gasteiger partial charge >= 0.3 is 5.97 Å². The summed E-state index contributed by atoms with van der Waals surface area (Å²) >= 11 is 0. The third kappa shape index (κ3) is 3.48. The van der Waals surface area contributed by atoms with Crippen LogP contribution in [-0.2, 0) is 10.0 Å². The van der Waals surface area contributed by atoms with Gasteiger partial charge in [0.15, 0.2) is 0 Å². The first kappa shape index (κ1) is 17.8. The van der Waals surface area contributed by atoms with Gasteiger partial charge in [-0.3, -0.25) is 4.72 Å². The van der Waals surface area contributed by atoms with E-state index < -0.39 is 16.0 Å². The number of nitrogens with one attached hydrogen (secondary N) is 1. The molecule has 0 aliphatic carbocycles. The van der Waals surface area contributed by atoms with Gasteiger partial charge in [0, 0.05) is 16.5 Å². The van der Waals surface area contributed by atoms with Crippen LogP contribution in [0, 0.1) is 0 Å². The minimum atomic E-state index is -3.86. The molecule has 0 spiro atoms. The Morgan fingerprint density at radius 1 is 1.00 bits per heavy atom. The van der Waals surface area contributed by atoms with Crippen molar-refractivity contribution in [2.24, 2.45) is 0 Å². The van der Waals surface area contributed by atoms with Crippen molar-refractivity contribution in [3.05, 3.63) is 66.2 Å². The number of ether oxygens (including phenoxy) is 1. The molecular formula is C19H17NO5S. The molecular weight excluding hydrogens is 354 g/mol. The Bertz CT molecular complexity index is 1060. The third-order valence-electron chi connectivity index (χ3n) is 3.82. The second-order valence-electron chi connectivity index (χ2n) is 5.53. The van der Waals surface area contributed by atoms with E-state index in [1.54, 1.807) is 24.3 Å². The summed E-state index contributed by atoms with van der Waals surface area (Å²) in [5.74, 6) is -0.454. The average molecular weight is 371 g/mol. The van der Waals surface area contributed by atoms with Crippen LogP contribution < -0.4 is 9.46 Å². The summed E-state index contributed by atoms with van der Waals surface area (Å²) in [6.45, 7) is 2.34. The molecule has 0 unspecified atom stereocenters. The van der Waals surface area contributed by atoms with Crippen molar-refractivity contribution in [2.75, 3.05) is 11.3 Å². The molecule has 0 fully saturated rings. The van der Waals surface area contributed by atoms with E-state index in [4.69, 9.17) is 9.84 Å². The highest BCUT2D eigenvalue weighted by Crippen LogP contribution is 2.32. The normalized spacial score (nSPS) is 11.3. The molecule has 0 heterocycles. The zero-order valence-electron chi connectivity index (χ0n) is 14.0. The first-order valence-corrected chi connectivity index (χ1v) is 9.41. The number of hydrogen-bond acceptors (Lipinski definition) is 4. The summed E-state index contributed by atoms with van der Waals surface area (Å²) in [4.78, 5) is 11.0. The Balaban J connectivity index is 2.02. The van der Waals surface area contributed by atoms with Crippen molar-refractivity contribution in [3.8, 4) is 5.75 Å². The molecule has 0 aliphatic heterocycles. The van der Waals surface area contributed by atoms with Crippen LogP contribution in [0.15, 0.2) is 65.6 Å². The Morgan fingerprint density at radius 2 is 1.65 bits per heavy atom. The number of aromatic carboxylic acids is 1. The van der Waals surface area contributed by atoms with E-state index in [-0.39, 0.29) is 16.1 Å². The van der Waals surface area contributed by atoms with Crippen molar-refractivity contribution in [2.45, 2.75) is 11.8 Å². The van der Waals surface area contributed by atoms with Crippen molar-refractivity contribution in [1.29, 1.82) is 0 Å². The lowest BCUT2D eigenvalue weighted by Gasteiger charge is -2.13. The lowest BCUT2D eigenvalue weighted by Crippen LogP contribution is -2.13. The summed E-state index contributed by atoms with van der Waals surface area (Å²) in [6.07, 6.45) is 0. The number of hydrogen-bond donors (Lipinski definition) is 2. The van der Waals surface area contributed by atoms with Gasteiger partial charge in [0.05, 0.1) is 17.1 Å². The van der Waals surface area contributed by atoms with Crippen LogP contribution in [-0.4, -0.2) is 26.1 Å². The maximum atomic E-state index is 12.8. The van der Waals surface area contributed by atoms with Crippen LogP contribution in [0.5, 0.6) is 5.75 Å². The fourth-order valence-electron chi connectivity index (χ4n) is 2.65. The van der Waals surface area contributed by atoms with Gasteiger partial charge in [-0.05, 0) is 43.3 Å². The molecule has 7 heteroatoms. The fourth-order valence-corrected chi connectivity index (χ4v) is 3.92. The highest BCUT2D eigenvalue weighted by molar-refractivity contribution is 7.93. The van der Waals surface area contributed by atoms with Crippen molar-refractivity contribution in [3.63, 3.8) is 0 Å². The molecule has 26 heavy (non-hydrogen) atoms. The molecule has 0 saturated heterocycles. The second-order valence-corrected chi connectivity index (χ2v) is 7.18. The van der Waals surface area contributed by atoms with Crippen molar-refractivity contribution < 1.29 is 23.1 Å². The summed E-state index contributed by atoms with van der Waals surface area (Å²) in [7, 11) is -3.86. The largest absolute Gasteiger partial charge is 0.493 e. The van der Waals surface area contributed by atoms with Gasteiger partial charge in [-0.2, -0.15) is 0 Å². The fraction of sp³-hybridized carbons (Fsp3) is 0.105. The van der Waals surface area contributed by atoms with Crippen LogP contribution in [0.1, 0.15) is 17.3 Å². The summed E-state index contributed by atoms with van der Waals surface area (Å²) in [5.41, 5.74) is 0.368. The number of carboxylic acid groups (broad SMARTS) is 1. The number of sulfonamides is 1. The van der Waals surface area contributed by atoms with Gasteiger partial charge in [-0.1, -0.05) is 24.3 Å². The minimum absolute atomic E-state index is 0.0828. The zero-order valence-corrected chi connectivity index (χ0v) is 14.8. The molecule has 0 atom stereocenters. The molecule has 0 aliphatic rings. The first-order chi connectivity index (χ1) is 12.4. The maximum Gasteiger partial charge on any atom is 0.335 e. The zero-order chi connectivity index (χ0) is 18.7. The molecule has 0 radical (unpaired) electrons. The van der Waals surface area contributed by atoms with Crippen LogP contribution in [0.25, 0.3) is 10.8 Å². The minimum Gasteiger partial charge on any atom is -0.493 e. The Kier molecular flexibility index (Phi) is 4.81. The molecule has 3 aromatic rings. The predicted octanol–water partition coefficient (Wildman–Crippen LogP) is 3.74. The van der Waals surface area contributed by atoms with Gasteiger partial charge in [0.25, 0.3) is 10.0 Å². The SMILES string of the molecule is CCOc1ccc(S(=O)(=O)Nc2ccc(C(=O)O)cc2)c2ccccc12. The molecule has 3 aromatic carbocycles. The molecule has 3 rings (SSSR count). The van der Waals surface area contributed by atoms with E-state index in [0.29, 0.717) is 23.1 Å². The van der Waals surface area contributed by atoms with Gasteiger partial charge in [-0.25, -0.2) is 13.2 Å².